The number of carboxylic acid groups (broad SMARTS) is 1. The van der Waals surface area contributed by atoms with Gasteiger partial charge in [-0.25, -0.2) is 14.2 Å². The lowest BCUT2D eigenvalue weighted by atomic mass is 9.92. The molecule has 0 saturated carbocycles. The number of ether oxygens (including phenoxy) is 1. The number of aryl methyl sites for hydroxylation is 2. The first-order valence-electron chi connectivity index (χ1n) is 11.7. The van der Waals surface area contributed by atoms with Gasteiger partial charge in [0, 0.05) is 28.4 Å². The van der Waals surface area contributed by atoms with Crippen molar-refractivity contribution in [2.75, 3.05) is 0 Å². The first-order valence-corrected chi connectivity index (χ1v) is 11.7. The smallest absolute Gasteiger partial charge is 0.337 e. The number of hydrogen-bond donors (Lipinski definition) is 1. The Labute approximate surface area is 205 Å². The van der Waals surface area contributed by atoms with Gasteiger partial charge in [0.2, 0.25) is 0 Å². The van der Waals surface area contributed by atoms with Crippen molar-refractivity contribution in [3.63, 3.8) is 0 Å². The lowest BCUT2D eigenvalue weighted by Crippen LogP contribution is -2.28. The highest BCUT2D eigenvalue weighted by Crippen LogP contribution is 2.40. The van der Waals surface area contributed by atoms with E-state index in [4.69, 9.17) is 9.72 Å². The fourth-order valence-corrected chi connectivity index (χ4v) is 4.45. The highest BCUT2D eigenvalue weighted by atomic mass is 19.1. The third-order valence-corrected chi connectivity index (χ3v) is 6.16. The summed E-state index contributed by atoms with van der Waals surface area (Å²) in [5, 5.41) is 11.0. The van der Waals surface area contributed by atoms with Gasteiger partial charge >= 0.3 is 5.97 Å². The number of pyridine rings is 1. The Morgan fingerprint density at radius 1 is 1.03 bits per heavy atom. The van der Waals surface area contributed by atoms with Crippen LogP contribution in [0.2, 0.25) is 0 Å². The van der Waals surface area contributed by atoms with Gasteiger partial charge in [-0.1, -0.05) is 42.0 Å². The Balaban J connectivity index is 1.99. The van der Waals surface area contributed by atoms with Crippen LogP contribution in [-0.2, 0) is 9.53 Å². The molecule has 0 radical (unpaired) electrons. The number of hydrogen-bond acceptors (Lipinski definition) is 3. The molecule has 0 aliphatic heterocycles. The van der Waals surface area contributed by atoms with Crippen LogP contribution in [0, 0.1) is 19.7 Å². The number of halogens is 1. The molecule has 2 aromatic heterocycles. The topological polar surface area (TPSA) is 64.3 Å². The van der Waals surface area contributed by atoms with Gasteiger partial charge in [-0.15, -0.1) is 0 Å². The minimum absolute atomic E-state index is 0.0992. The van der Waals surface area contributed by atoms with Crippen molar-refractivity contribution < 1.29 is 19.0 Å². The summed E-state index contributed by atoms with van der Waals surface area (Å²) in [4.78, 5) is 17.3. The second-order valence-electron chi connectivity index (χ2n) is 9.99. The summed E-state index contributed by atoms with van der Waals surface area (Å²) in [5.41, 5.74) is 4.97. The zero-order valence-electron chi connectivity index (χ0n) is 21.0. The van der Waals surface area contributed by atoms with E-state index >= 15 is 0 Å². The monoisotopic (exact) mass is 474 g/mol. The van der Waals surface area contributed by atoms with E-state index in [1.165, 1.54) is 12.1 Å². The van der Waals surface area contributed by atoms with Crippen molar-refractivity contribution in [3.8, 4) is 11.1 Å². The molecule has 1 N–H and O–H groups in total. The molecule has 0 spiro atoms. The van der Waals surface area contributed by atoms with E-state index in [9.17, 15) is 14.3 Å². The predicted molar refractivity (Wildman–Crippen MR) is 136 cm³/mol. The molecule has 0 bridgehead atoms. The number of benzene rings is 2. The standard InChI is InChI=1S/C29H31FN2O3/c1-17-7-9-21(10-8-17)25-23-15-16-32(19(3)20-11-13-22(30)14-12-20)27(23)31-18(2)24(25)26(28(33)34)35-29(4,5)6/h7-16,19,26H,1-6H3,(H,33,34). The molecular weight excluding hydrogens is 443 g/mol. The highest BCUT2D eigenvalue weighted by Gasteiger charge is 2.33. The number of carbonyl (C=O) groups is 1. The van der Waals surface area contributed by atoms with Crippen LogP contribution in [0.15, 0.2) is 60.8 Å². The lowest BCUT2D eigenvalue weighted by Gasteiger charge is -2.28. The molecular formula is C29H31FN2O3. The molecule has 6 heteroatoms. The third kappa shape index (κ3) is 4.98. The van der Waals surface area contributed by atoms with Crippen LogP contribution in [0.1, 0.15) is 62.2 Å². The van der Waals surface area contributed by atoms with Gasteiger partial charge in [0.25, 0.3) is 0 Å². The molecule has 4 aromatic rings. The molecule has 0 amide bonds. The largest absolute Gasteiger partial charge is 0.479 e. The highest BCUT2D eigenvalue weighted by molar-refractivity contribution is 5.98. The normalized spacial score (nSPS) is 13.7. The SMILES string of the molecule is Cc1ccc(-c2c(C(OC(C)(C)C)C(=O)O)c(C)nc3c2ccn3C(C)c2ccc(F)cc2)cc1. The van der Waals surface area contributed by atoms with Crippen molar-refractivity contribution in [1.29, 1.82) is 0 Å². The van der Waals surface area contributed by atoms with E-state index in [-0.39, 0.29) is 11.9 Å². The second kappa shape index (κ2) is 9.27. The molecule has 0 aliphatic carbocycles. The molecule has 35 heavy (non-hydrogen) atoms. The van der Waals surface area contributed by atoms with Crippen LogP contribution >= 0.6 is 0 Å². The number of carboxylic acids is 1. The third-order valence-electron chi connectivity index (χ3n) is 6.16. The fourth-order valence-electron chi connectivity index (χ4n) is 4.45. The maximum absolute atomic E-state index is 13.5. The van der Waals surface area contributed by atoms with Crippen LogP contribution in [0.3, 0.4) is 0 Å². The van der Waals surface area contributed by atoms with Crippen LogP contribution in [-0.4, -0.2) is 26.2 Å². The molecule has 4 rings (SSSR count). The van der Waals surface area contributed by atoms with Crippen LogP contribution in [0.25, 0.3) is 22.2 Å². The second-order valence-corrected chi connectivity index (χ2v) is 9.99. The lowest BCUT2D eigenvalue weighted by molar-refractivity contribution is -0.160. The van der Waals surface area contributed by atoms with E-state index < -0.39 is 17.7 Å². The van der Waals surface area contributed by atoms with Gasteiger partial charge < -0.3 is 14.4 Å². The summed E-state index contributed by atoms with van der Waals surface area (Å²) in [6, 6.07) is 16.3. The van der Waals surface area contributed by atoms with E-state index in [1.807, 2.05) is 82.6 Å². The summed E-state index contributed by atoms with van der Waals surface area (Å²) < 4.78 is 21.6. The molecule has 0 saturated heterocycles. The number of aromatic nitrogens is 2. The van der Waals surface area contributed by atoms with E-state index in [2.05, 4.69) is 0 Å². The summed E-state index contributed by atoms with van der Waals surface area (Å²) in [5.74, 6) is -1.34. The molecule has 0 fully saturated rings. The average Bonchev–Trinajstić information content (AvgIpc) is 3.20. The summed E-state index contributed by atoms with van der Waals surface area (Å²) >= 11 is 0. The zero-order chi connectivity index (χ0) is 25.5. The number of aliphatic carboxylic acids is 1. The number of fused-ring (bicyclic) bond motifs is 1. The van der Waals surface area contributed by atoms with Gasteiger partial charge in [-0.2, -0.15) is 0 Å². The van der Waals surface area contributed by atoms with Gasteiger partial charge in [0.1, 0.15) is 11.5 Å². The minimum Gasteiger partial charge on any atom is -0.479 e. The number of nitrogens with zero attached hydrogens (tertiary/aromatic N) is 2. The Hall–Kier alpha value is -3.51. The number of rotatable bonds is 6. The summed E-state index contributed by atoms with van der Waals surface area (Å²) in [6.07, 6.45) is 0.772. The van der Waals surface area contributed by atoms with Gasteiger partial charge in [-0.05, 0) is 70.9 Å². The first-order chi connectivity index (χ1) is 16.5. The van der Waals surface area contributed by atoms with Gasteiger partial charge in [-0.3, -0.25) is 0 Å². The van der Waals surface area contributed by atoms with E-state index in [0.717, 1.165) is 33.3 Å². The van der Waals surface area contributed by atoms with Crippen molar-refractivity contribution in [2.45, 2.75) is 59.3 Å². The van der Waals surface area contributed by atoms with Gasteiger partial charge in [0.05, 0.1) is 11.6 Å². The molecule has 5 nitrogen and oxygen atoms in total. The Morgan fingerprint density at radius 2 is 1.66 bits per heavy atom. The maximum Gasteiger partial charge on any atom is 0.337 e. The maximum atomic E-state index is 13.5. The van der Waals surface area contributed by atoms with Crippen LogP contribution in [0.5, 0.6) is 0 Å². The molecule has 2 aromatic carbocycles. The average molecular weight is 475 g/mol. The van der Waals surface area contributed by atoms with Crippen molar-refractivity contribution in [3.05, 3.63) is 89.0 Å². The van der Waals surface area contributed by atoms with Crippen LogP contribution in [0.4, 0.5) is 4.39 Å². The molecule has 2 unspecified atom stereocenters. The first kappa shape index (κ1) is 24.6. The van der Waals surface area contributed by atoms with Crippen molar-refractivity contribution in [1.82, 2.24) is 9.55 Å². The molecule has 182 valence electrons. The summed E-state index contributed by atoms with van der Waals surface area (Å²) in [6.45, 7) is 11.4. The Morgan fingerprint density at radius 3 is 2.23 bits per heavy atom. The zero-order valence-corrected chi connectivity index (χ0v) is 21.0. The predicted octanol–water partition coefficient (Wildman–Crippen LogP) is 7.01. The van der Waals surface area contributed by atoms with Crippen molar-refractivity contribution in [2.24, 2.45) is 0 Å². The molecule has 2 heterocycles. The summed E-state index contributed by atoms with van der Waals surface area (Å²) in [7, 11) is 0. The minimum atomic E-state index is -1.18. The quantitative estimate of drug-likeness (QED) is 0.326. The van der Waals surface area contributed by atoms with E-state index in [0.29, 0.717) is 11.3 Å². The fraction of sp³-hybridized carbons (Fsp3) is 0.310. The molecule has 0 aliphatic rings. The Bertz CT molecular complexity index is 1370. The van der Waals surface area contributed by atoms with Gasteiger partial charge in [0.15, 0.2) is 6.10 Å². The molecule has 2 atom stereocenters. The van der Waals surface area contributed by atoms with E-state index in [1.54, 1.807) is 12.1 Å². The van der Waals surface area contributed by atoms with Crippen LogP contribution < -0.4 is 0 Å². The Kier molecular flexibility index (Phi) is 6.52. The van der Waals surface area contributed by atoms with Crippen molar-refractivity contribution >= 4 is 17.0 Å².